The van der Waals surface area contributed by atoms with Gasteiger partial charge in [-0.3, -0.25) is 0 Å². The summed E-state index contributed by atoms with van der Waals surface area (Å²) in [5, 5.41) is 7.22. The van der Waals surface area contributed by atoms with Crippen LogP contribution in [0.25, 0.3) is 0 Å². The average molecular weight is 255 g/mol. The second kappa shape index (κ2) is 5.01. The number of nitrogens with zero attached hydrogens (tertiary/aromatic N) is 3. The minimum atomic E-state index is 0.255. The Morgan fingerprint density at radius 2 is 2.35 bits per heavy atom. The summed E-state index contributed by atoms with van der Waals surface area (Å²) in [5.41, 5.74) is 0.827. The van der Waals surface area contributed by atoms with Gasteiger partial charge in [-0.05, 0) is 6.92 Å². The van der Waals surface area contributed by atoms with Gasteiger partial charge in [-0.2, -0.15) is 4.98 Å². The third kappa shape index (κ3) is 2.85. The molecule has 2 aromatic heterocycles. The highest BCUT2D eigenvalue weighted by molar-refractivity contribution is 6.32. The van der Waals surface area contributed by atoms with Gasteiger partial charge < -0.3 is 14.6 Å². The third-order valence-corrected chi connectivity index (χ3v) is 2.29. The van der Waals surface area contributed by atoms with E-state index in [1.54, 1.807) is 0 Å². The molecule has 1 N–H and O–H groups in total. The molecular formula is C10H11ClN4O2. The summed E-state index contributed by atoms with van der Waals surface area (Å²) in [6, 6.07) is 2.09. The number of hydrogen-bond donors (Lipinski definition) is 1. The van der Waals surface area contributed by atoms with Crippen LogP contribution in [0.15, 0.2) is 16.8 Å². The lowest BCUT2D eigenvalue weighted by atomic mass is 10.4. The Morgan fingerprint density at radius 1 is 1.53 bits per heavy atom. The van der Waals surface area contributed by atoms with Crippen molar-refractivity contribution >= 4 is 17.4 Å². The zero-order valence-corrected chi connectivity index (χ0v) is 10.2. The van der Waals surface area contributed by atoms with Crippen molar-refractivity contribution in [1.82, 2.24) is 15.1 Å². The zero-order chi connectivity index (χ0) is 12.3. The number of ether oxygens (including phenoxy) is 1. The van der Waals surface area contributed by atoms with Gasteiger partial charge in [0, 0.05) is 6.07 Å². The molecule has 0 spiro atoms. The molecule has 0 radical (unpaired) electrons. The maximum atomic E-state index is 5.94. The maximum absolute atomic E-state index is 5.94. The molecule has 0 aromatic carbocycles. The first-order valence-corrected chi connectivity index (χ1v) is 5.29. The van der Waals surface area contributed by atoms with Crippen molar-refractivity contribution in [1.29, 1.82) is 0 Å². The standard InChI is InChI=1S/C10H11ClN4O2/c1-6-3-7(17-15-6)4-12-9-8(11)5-13-10(14-9)16-2/h3,5H,4H2,1-2H3,(H,12,13,14). The van der Waals surface area contributed by atoms with Crippen LogP contribution >= 0.6 is 11.6 Å². The minimum Gasteiger partial charge on any atom is -0.467 e. The maximum Gasteiger partial charge on any atom is 0.318 e. The first-order chi connectivity index (χ1) is 8.19. The first-order valence-electron chi connectivity index (χ1n) is 4.91. The van der Waals surface area contributed by atoms with E-state index in [1.165, 1.54) is 13.3 Å². The van der Waals surface area contributed by atoms with Crippen LogP contribution in [0.2, 0.25) is 5.02 Å². The number of aryl methyl sites for hydroxylation is 1. The van der Waals surface area contributed by atoms with E-state index in [-0.39, 0.29) is 6.01 Å². The van der Waals surface area contributed by atoms with Crippen LogP contribution in [-0.2, 0) is 6.54 Å². The summed E-state index contributed by atoms with van der Waals surface area (Å²) in [4.78, 5) is 7.95. The van der Waals surface area contributed by atoms with Crippen LogP contribution < -0.4 is 10.1 Å². The summed E-state index contributed by atoms with van der Waals surface area (Å²) in [6.45, 7) is 2.30. The number of aromatic nitrogens is 3. The SMILES string of the molecule is COc1ncc(Cl)c(NCc2cc(C)no2)n1. The van der Waals surface area contributed by atoms with Crippen molar-refractivity contribution in [2.24, 2.45) is 0 Å². The molecule has 0 saturated heterocycles. The van der Waals surface area contributed by atoms with E-state index in [2.05, 4.69) is 20.4 Å². The summed E-state index contributed by atoms with van der Waals surface area (Å²) in [7, 11) is 1.49. The summed E-state index contributed by atoms with van der Waals surface area (Å²) < 4.78 is 9.96. The van der Waals surface area contributed by atoms with Gasteiger partial charge in [0.15, 0.2) is 11.6 Å². The fourth-order valence-electron chi connectivity index (χ4n) is 1.24. The molecule has 0 aliphatic carbocycles. The molecule has 0 fully saturated rings. The lowest BCUT2D eigenvalue weighted by Gasteiger charge is -2.06. The molecule has 0 unspecified atom stereocenters. The molecule has 2 rings (SSSR count). The smallest absolute Gasteiger partial charge is 0.318 e. The number of rotatable bonds is 4. The third-order valence-electron chi connectivity index (χ3n) is 2.01. The molecule has 6 nitrogen and oxygen atoms in total. The van der Waals surface area contributed by atoms with Gasteiger partial charge in [-0.1, -0.05) is 16.8 Å². The van der Waals surface area contributed by atoms with Crippen molar-refractivity contribution < 1.29 is 9.26 Å². The van der Waals surface area contributed by atoms with Crippen LogP contribution in [0.5, 0.6) is 6.01 Å². The van der Waals surface area contributed by atoms with Crippen LogP contribution in [0.4, 0.5) is 5.82 Å². The molecule has 7 heteroatoms. The topological polar surface area (TPSA) is 73.1 Å². The van der Waals surface area contributed by atoms with Crippen molar-refractivity contribution in [2.75, 3.05) is 12.4 Å². The molecule has 17 heavy (non-hydrogen) atoms. The number of methoxy groups -OCH3 is 1. The van der Waals surface area contributed by atoms with Gasteiger partial charge in [0.25, 0.3) is 0 Å². The second-order valence-corrected chi connectivity index (χ2v) is 3.75. The highest BCUT2D eigenvalue weighted by atomic mass is 35.5. The average Bonchev–Trinajstić information content (AvgIpc) is 2.74. The Balaban J connectivity index is 2.07. The Bertz CT molecular complexity index is 515. The molecular weight excluding hydrogens is 244 g/mol. The zero-order valence-electron chi connectivity index (χ0n) is 9.40. The quantitative estimate of drug-likeness (QED) is 0.900. The van der Waals surface area contributed by atoms with Gasteiger partial charge in [0.05, 0.1) is 25.5 Å². The molecule has 0 amide bonds. The predicted octanol–water partition coefficient (Wildman–Crippen LogP) is 2.05. The largest absolute Gasteiger partial charge is 0.467 e. The summed E-state index contributed by atoms with van der Waals surface area (Å²) >= 11 is 5.94. The highest BCUT2D eigenvalue weighted by Gasteiger charge is 2.07. The van der Waals surface area contributed by atoms with Crippen molar-refractivity contribution in [3.05, 3.63) is 28.7 Å². The molecule has 0 aliphatic rings. The van der Waals surface area contributed by atoms with E-state index >= 15 is 0 Å². The Labute approximate surface area is 103 Å². The van der Waals surface area contributed by atoms with E-state index in [4.69, 9.17) is 20.9 Å². The molecule has 0 saturated carbocycles. The van der Waals surface area contributed by atoms with Gasteiger partial charge in [-0.25, -0.2) is 4.98 Å². The Hall–Kier alpha value is -1.82. The Morgan fingerprint density at radius 3 is 3.00 bits per heavy atom. The van der Waals surface area contributed by atoms with E-state index in [0.717, 1.165) is 5.69 Å². The fraction of sp³-hybridized carbons (Fsp3) is 0.300. The highest BCUT2D eigenvalue weighted by Crippen LogP contribution is 2.20. The number of hydrogen-bond acceptors (Lipinski definition) is 6. The molecule has 0 bridgehead atoms. The summed E-state index contributed by atoms with van der Waals surface area (Å²) in [6.07, 6.45) is 1.47. The van der Waals surface area contributed by atoms with Gasteiger partial charge in [0.2, 0.25) is 0 Å². The number of anilines is 1. The van der Waals surface area contributed by atoms with Gasteiger partial charge in [-0.15, -0.1) is 0 Å². The van der Waals surface area contributed by atoms with E-state index < -0.39 is 0 Å². The predicted molar refractivity (Wildman–Crippen MR) is 62.2 cm³/mol. The lowest BCUT2D eigenvalue weighted by Crippen LogP contribution is -2.03. The van der Waals surface area contributed by atoms with Crippen LogP contribution in [0, 0.1) is 6.92 Å². The minimum absolute atomic E-state index is 0.255. The van der Waals surface area contributed by atoms with E-state index in [9.17, 15) is 0 Å². The van der Waals surface area contributed by atoms with E-state index in [0.29, 0.717) is 23.1 Å². The monoisotopic (exact) mass is 254 g/mol. The van der Waals surface area contributed by atoms with E-state index in [1.807, 2.05) is 13.0 Å². The second-order valence-electron chi connectivity index (χ2n) is 3.34. The van der Waals surface area contributed by atoms with Crippen LogP contribution in [-0.4, -0.2) is 22.2 Å². The van der Waals surface area contributed by atoms with Crippen LogP contribution in [0.1, 0.15) is 11.5 Å². The number of nitrogens with one attached hydrogen (secondary N) is 1. The normalized spacial score (nSPS) is 10.3. The molecule has 0 aliphatic heterocycles. The number of halogens is 1. The lowest BCUT2D eigenvalue weighted by molar-refractivity contribution is 0.378. The van der Waals surface area contributed by atoms with Crippen molar-refractivity contribution in [3.63, 3.8) is 0 Å². The van der Waals surface area contributed by atoms with Crippen molar-refractivity contribution in [3.8, 4) is 6.01 Å². The van der Waals surface area contributed by atoms with Crippen molar-refractivity contribution in [2.45, 2.75) is 13.5 Å². The molecule has 2 aromatic rings. The fourth-order valence-corrected chi connectivity index (χ4v) is 1.40. The molecule has 2 heterocycles. The van der Waals surface area contributed by atoms with Gasteiger partial charge >= 0.3 is 6.01 Å². The van der Waals surface area contributed by atoms with Gasteiger partial charge in [0.1, 0.15) is 5.02 Å². The molecule has 0 atom stereocenters. The Kier molecular flexibility index (Phi) is 3.43. The molecule has 90 valence electrons. The summed E-state index contributed by atoms with van der Waals surface area (Å²) in [5.74, 6) is 1.20. The van der Waals surface area contributed by atoms with Crippen LogP contribution in [0.3, 0.4) is 0 Å². The first kappa shape index (κ1) is 11.7.